The van der Waals surface area contributed by atoms with E-state index in [1.807, 2.05) is 0 Å². The molecule has 10 aromatic rings. The van der Waals surface area contributed by atoms with Crippen LogP contribution in [-0.4, -0.2) is 13.1 Å². The van der Waals surface area contributed by atoms with Crippen LogP contribution in [0.4, 0.5) is 0 Å². The Labute approximate surface area is 374 Å². The van der Waals surface area contributed by atoms with E-state index in [1.54, 1.807) is 0 Å². The molecule has 0 atom stereocenters. The highest BCUT2D eigenvalue weighted by molar-refractivity contribution is 7.20. The number of hydrogen-bond acceptors (Lipinski definition) is 3. The Kier molecular flexibility index (Phi) is 9.06. The van der Waals surface area contributed by atoms with Crippen LogP contribution in [0, 0.1) is 0 Å². The van der Waals surface area contributed by atoms with Crippen LogP contribution in [0.1, 0.15) is 22.3 Å². The number of ether oxygens (including phenoxy) is 2. The highest BCUT2D eigenvalue weighted by Gasteiger charge is 2.49. The van der Waals surface area contributed by atoms with Gasteiger partial charge < -0.3 is 9.47 Å². The van der Waals surface area contributed by atoms with E-state index in [2.05, 4.69) is 249 Å². The molecule has 0 amide bonds. The molecular formula is C60H41NO2Si. The summed E-state index contributed by atoms with van der Waals surface area (Å²) in [4.78, 5) is 5.67. The number of fused-ring (bicyclic) bond motifs is 4. The third kappa shape index (κ3) is 5.77. The van der Waals surface area contributed by atoms with Crippen LogP contribution in [0.5, 0.6) is 23.0 Å². The van der Waals surface area contributed by atoms with E-state index in [1.165, 1.54) is 31.9 Å². The Hall–Kier alpha value is -8.05. The first-order valence-electron chi connectivity index (χ1n) is 21.9. The van der Waals surface area contributed by atoms with Crippen molar-refractivity contribution in [1.82, 2.24) is 4.98 Å². The van der Waals surface area contributed by atoms with Crippen molar-refractivity contribution in [2.75, 3.05) is 0 Å². The van der Waals surface area contributed by atoms with Gasteiger partial charge in [0, 0.05) is 22.3 Å². The van der Waals surface area contributed by atoms with Gasteiger partial charge in [0.05, 0.1) is 16.8 Å². The van der Waals surface area contributed by atoms with Gasteiger partial charge in [0.1, 0.15) is 23.0 Å². The van der Waals surface area contributed by atoms with E-state index in [-0.39, 0.29) is 0 Å². The lowest BCUT2D eigenvalue weighted by Crippen LogP contribution is -2.76. The quantitative estimate of drug-likeness (QED) is 0.150. The van der Waals surface area contributed by atoms with Gasteiger partial charge in [-0.3, -0.25) is 0 Å². The van der Waals surface area contributed by atoms with E-state index in [0.29, 0.717) is 0 Å². The van der Waals surface area contributed by atoms with E-state index < -0.39 is 13.5 Å². The number of hydrogen-bond donors (Lipinski definition) is 0. The maximum absolute atomic E-state index is 7.18. The van der Waals surface area contributed by atoms with Crippen molar-refractivity contribution < 1.29 is 9.47 Å². The van der Waals surface area contributed by atoms with Gasteiger partial charge in [0.25, 0.3) is 0 Å². The summed E-state index contributed by atoms with van der Waals surface area (Å²) in [5, 5.41) is 5.03. The van der Waals surface area contributed by atoms with Crippen LogP contribution in [0.15, 0.2) is 249 Å². The average molecular weight is 836 g/mol. The molecule has 2 aliphatic rings. The summed E-state index contributed by atoms with van der Waals surface area (Å²) in [6, 6.07) is 89.0. The topological polar surface area (TPSA) is 31.4 Å². The predicted molar refractivity (Wildman–Crippen MR) is 263 cm³/mol. The van der Waals surface area contributed by atoms with Crippen molar-refractivity contribution in [1.29, 1.82) is 0 Å². The molecule has 12 rings (SSSR count). The van der Waals surface area contributed by atoms with Crippen LogP contribution in [-0.2, 0) is 5.41 Å². The zero-order chi connectivity index (χ0) is 42.5. The first-order chi connectivity index (χ1) is 31.7. The van der Waals surface area contributed by atoms with Crippen molar-refractivity contribution in [2.45, 2.75) is 5.41 Å². The normalized spacial score (nSPS) is 13.8. The lowest BCUT2D eigenvalue weighted by atomic mass is 9.63. The Morgan fingerprint density at radius 3 is 1.42 bits per heavy atom. The molecule has 0 radical (unpaired) electrons. The zero-order valence-electron chi connectivity index (χ0n) is 34.9. The summed E-state index contributed by atoms with van der Waals surface area (Å²) in [6.07, 6.45) is 0. The molecule has 0 saturated heterocycles. The molecule has 1 aromatic heterocycles. The van der Waals surface area contributed by atoms with E-state index in [4.69, 9.17) is 14.5 Å². The fourth-order valence-corrected chi connectivity index (χ4v) is 15.4. The number of nitrogens with zero attached hydrogens (tertiary/aromatic N) is 1. The van der Waals surface area contributed by atoms with Gasteiger partial charge in [-0.1, -0.05) is 212 Å². The third-order valence-corrected chi connectivity index (χ3v) is 18.0. The summed E-state index contributed by atoms with van der Waals surface area (Å²) >= 11 is 0. The van der Waals surface area contributed by atoms with Gasteiger partial charge in [0.2, 0.25) is 0 Å². The number of benzene rings is 9. The lowest BCUT2D eigenvalue weighted by molar-refractivity contribution is 0.436. The molecule has 64 heavy (non-hydrogen) atoms. The minimum absolute atomic E-state index is 0.662. The summed E-state index contributed by atoms with van der Waals surface area (Å²) < 4.78 is 14.3. The largest absolute Gasteiger partial charge is 0.457 e. The van der Waals surface area contributed by atoms with Crippen LogP contribution in [0.2, 0.25) is 0 Å². The Bertz CT molecular complexity index is 3040. The van der Waals surface area contributed by atoms with E-state index >= 15 is 0 Å². The highest BCUT2D eigenvalue weighted by atomic mass is 28.3. The van der Waals surface area contributed by atoms with Crippen molar-refractivity contribution in [3.05, 3.63) is 271 Å². The van der Waals surface area contributed by atoms with Crippen LogP contribution >= 0.6 is 0 Å². The zero-order valence-corrected chi connectivity index (χ0v) is 35.9. The molecule has 0 aliphatic carbocycles. The molecule has 0 bridgehead atoms. The number of pyridine rings is 1. The SMILES string of the molecule is c1ccc(-c2cc(-c3cccc4c3Oc3ccccc3C4(c3ccccc3)c3ccccc3)nc(-c3cccc4c3Oc3ccccc3[Si]4(c3ccccc3)c3ccccc3)c2)cc1. The molecule has 0 spiro atoms. The second-order valence-corrected chi connectivity index (χ2v) is 20.2. The summed E-state index contributed by atoms with van der Waals surface area (Å²) in [5.74, 6) is 3.33. The average Bonchev–Trinajstić information content (AvgIpc) is 3.38. The molecule has 0 N–H and O–H groups in total. The first-order valence-corrected chi connectivity index (χ1v) is 23.9. The van der Waals surface area contributed by atoms with Crippen molar-refractivity contribution in [2.24, 2.45) is 0 Å². The van der Waals surface area contributed by atoms with Gasteiger partial charge in [-0.2, -0.15) is 0 Å². The van der Waals surface area contributed by atoms with E-state index in [0.717, 1.165) is 67.8 Å². The van der Waals surface area contributed by atoms with Gasteiger partial charge in [-0.05, 0) is 79.4 Å². The smallest absolute Gasteiger partial charge is 0.188 e. The molecule has 0 saturated carbocycles. The van der Waals surface area contributed by atoms with Crippen LogP contribution in [0.25, 0.3) is 33.6 Å². The summed E-state index contributed by atoms with van der Waals surface area (Å²) in [7, 11) is -2.90. The number of aromatic nitrogens is 1. The lowest BCUT2D eigenvalue weighted by Gasteiger charge is -2.42. The first kappa shape index (κ1) is 37.7. The fourth-order valence-electron chi connectivity index (χ4n) is 10.5. The van der Waals surface area contributed by atoms with Crippen LogP contribution in [0.3, 0.4) is 0 Å². The summed E-state index contributed by atoms with van der Waals surface area (Å²) in [6.45, 7) is 0. The maximum Gasteiger partial charge on any atom is 0.188 e. The second kappa shape index (κ2) is 15.4. The molecule has 0 unspecified atom stereocenters. The van der Waals surface area contributed by atoms with Gasteiger partial charge >= 0.3 is 0 Å². The van der Waals surface area contributed by atoms with Gasteiger partial charge in [0.15, 0.2) is 8.07 Å². The molecule has 9 aromatic carbocycles. The number of rotatable bonds is 7. The van der Waals surface area contributed by atoms with Crippen molar-refractivity contribution in [3.63, 3.8) is 0 Å². The monoisotopic (exact) mass is 835 g/mol. The van der Waals surface area contributed by atoms with E-state index in [9.17, 15) is 0 Å². The molecule has 0 fully saturated rings. The standard InChI is InChI=1S/C60H41NO2Si/c1-6-22-42(23-7-1)43-40-52(48-32-20-35-51-58(48)62-54-36-17-16-34-50(54)60(51,44-24-8-2-9-25-44)45-26-10-3-11-27-45)61-53(41-43)49-33-21-39-57-59(49)63-55-37-18-19-38-56(55)64(57,46-28-12-4-13-29-46)47-30-14-5-15-31-47/h1-41H. The molecule has 4 heteroatoms. The second-order valence-electron chi connectivity index (χ2n) is 16.5. The molecule has 2 aliphatic heterocycles. The Morgan fingerprint density at radius 2 is 0.797 bits per heavy atom. The minimum Gasteiger partial charge on any atom is -0.457 e. The molecule has 3 heterocycles. The summed E-state index contributed by atoms with van der Waals surface area (Å²) in [5.41, 5.74) is 9.47. The predicted octanol–water partition coefficient (Wildman–Crippen LogP) is 12.1. The molecular weight excluding hydrogens is 795 g/mol. The fraction of sp³-hybridized carbons (Fsp3) is 0.0167. The Balaban J connectivity index is 1.13. The molecule has 302 valence electrons. The van der Waals surface area contributed by atoms with Gasteiger partial charge in [-0.25, -0.2) is 4.98 Å². The van der Waals surface area contributed by atoms with Gasteiger partial charge in [-0.15, -0.1) is 0 Å². The third-order valence-electron chi connectivity index (χ3n) is 13.2. The Morgan fingerprint density at radius 1 is 0.344 bits per heavy atom. The van der Waals surface area contributed by atoms with Crippen molar-refractivity contribution >= 4 is 28.8 Å². The minimum atomic E-state index is -2.90. The van der Waals surface area contributed by atoms with Crippen LogP contribution < -0.4 is 30.2 Å². The molecule has 3 nitrogen and oxygen atoms in total. The van der Waals surface area contributed by atoms with Crippen molar-refractivity contribution in [3.8, 4) is 56.6 Å². The maximum atomic E-state index is 7.18. The highest BCUT2D eigenvalue weighted by Crippen LogP contribution is 2.57. The number of para-hydroxylation sites is 4.